The molecule has 5 heteroatoms. The number of aliphatic imine (C=N–C) groups is 1. The van der Waals surface area contributed by atoms with Crippen molar-refractivity contribution < 1.29 is 8.78 Å². The van der Waals surface area contributed by atoms with Crippen LogP contribution in [0.5, 0.6) is 0 Å². The van der Waals surface area contributed by atoms with Crippen LogP contribution in [0.3, 0.4) is 0 Å². The van der Waals surface area contributed by atoms with Crippen LogP contribution in [0.15, 0.2) is 53.5 Å². The van der Waals surface area contributed by atoms with Gasteiger partial charge in [-0.15, -0.1) is 0 Å². The molecule has 0 aliphatic heterocycles. The number of nitrogens with zero attached hydrogens (tertiary/aromatic N) is 2. The van der Waals surface area contributed by atoms with E-state index in [1.54, 1.807) is 7.05 Å². The maximum atomic E-state index is 13.6. The van der Waals surface area contributed by atoms with Gasteiger partial charge in [0, 0.05) is 32.7 Å². The third-order valence-corrected chi connectivity index (χ3v) is 3.56. The first-order chi connectivity index (χ1) is 11.1. The molecule has 2 aromatic carbocycles. The molecule has 23 heavy (non-hydrogen) atoms. The topological polar surface area (TPSA) is 27.6 Å². The Balaban J connectivity index is 1.90. The molecule has 0 aliphatic rings. The number of rotatable bonds is 5. The van der Waals surface area contributed by atoms with Crippen LogP contribution < -0.4 is 5.32 Å². The smallest absolute Gasteiger partial charge is 0.193 e. The van der Waals surface area contributed by atoms with Gasteiger partial charge in [0.2, 0.25) is 0 Å². The molecule has 1 N–H and O–H groups in total. The fourth-order valence-corrected chi connectivity index (χ4v) is 2.39. The number of benzene rings is 2. The number of guanidine groups is 1. The summed E-state index contributed by atoms with van der Waals surface area (Å²) in [5.74, 6) is -0.343. The Hall–Kier alpha value is -2.43. The van der Waals surface area contributed by atoms with E-state index in [2.05, 4.69) is 10.3 Å². The van der Waals surface area contributed by atoms with E-state index in [1.165, 1.54) is 18.2 Å². The molecule has 0 amide bonds. The summed E-state index contributed by atoms with van der Waals surface area (Å²) in [5, 5.41) is 3.13. The normalized spacial score (nSPS) is 11.4. The first-order valence-corrected chi connectivity index (χ1v) is 7.50. The highest BCUT2D eigenvalue weighted by Gasteiger charge is 2.10. The van der Waals surface area contributed by atoms with E-state index in [4.69, 9.17) is 0 Å². The highest BCUT2D eigenvalue weighted by molar-refractivity contribution is 5.79. The lowest BCUT2D eigenvalue weighted by molar-refractivity contribution is 0.475. The van der Waals surface area contributed by atoms with Crippen LogP contribution in [0.4, 0.5) is 8.78 Å². The van der Waals surface area contributed by atoms with Crippen molar-refractivity contribution in [1.29, 1.82) is 0 Å². The standard InChI is InChI=1S/C18H21F2N3/c1-21-18(23(2)13-14-7-4-3-5-8-14)22-12-11-15-16(19)9-6-10-17(15)20/h3-10H,11-13H2,1-2H3,(H,21,22). The van der Waals surface area contributed by atoms with Crippen molar-refractivity contribution in [2.75, 3.05) is 20.6 Å². The van der Waals surface area contributed by atoms with Crippen LogP contribution in [0.25, 0.3) is 0 Å². The minimum atomic E-state index is -0.514. The molecule has 2 rings (SSSR count). The predicted molar refractivity (Wildman–Crippen MR) is 89.3 cm³/mol. The minimum absolute atomic E-state index is 0.0983. The molecule has 0 unspecified atom stereocenters. The number of nitrogens with one attached hydrogen (secondary N) is 1. The summed E-state index contributed by atoms with van der Waals surface area (Å²) in [6, 6.07) is 13.9. The Bertz CT molecular complexity index is 636. The van der Waals surface area contributed by atoms with E-state index in [-0.39, 0.29) is 12.0 Å². The molecule has 0 saturated carbocycles. The van der Waals surface area contributed by atoms with Crippen LogP contribution in [-0.4, -0.2) is 31.5 Å². The SMILES string of the molecule is CN=C(NCCc1c(F)cccc1F)N(C)Cc1ccccc1. The van der Waals surface area contributed by atoms with Crippen molar-refractivity contribution in [2.24, 2.45) is 4.99 Å². The monoisotopic (exact) mass is 317 g/mol. The van der Waals surface area contributed by atoms with E-state index < -0.39 is 11.6 Å². The van der Waals surface area contributed by atoms with Crippen molar-refractivity contribution in [3.63, 3.8) is 0 Å². The molecule has 0 aliphatic carbocycles. The second-order valence-corrected chi connectivity index (χ2v) is 5.27. The average molecular weight is 317 g/mol. The van der Waals surface area contributed by atoms with Gasteiger partial charge in [-0.1, -0.05) is 36.4 Å². The highest BCUT2D eigenvalue weighted by Crippen LogP contribution is 2.12. The molecule has 0 fully saturated rings. The lowest BCUT2D eigenvalue weighted by Crippen LogP contribution is -2.39. The maximum absolute atomic E-state index is 13.6. The third kappa shape index (κ3) is 4.77. The zero-order valence-corrected chi connectivity index (χ0v) is 13.4. The van der Waals surface area contributed by atoms with Gasteiger partial charge in [-0.05, 0) is 24.1 Å². The van der Waals surface area contributed by atoms with Gasteiger partial charge in [0.15, 0.2) is 5.96 Å². The second-order valence-electron chi connectivity index (χ2n) is 5.27. The van der Waals surface area contributed by atoms with E-state index in [0.29, 0.717) is 19.0 Å². The summed E-state index contributed by atoms with van der Waals surface area (Å²) in [4.78, 5) is 6.17. The summed E-state index contributed by atoms with van der Waals surface area (Å²) in [6.07, 6.45) is 0.261. The molecule has 3 nitrogen and oxygen atoms in total. The molecule has 0 bridgehead atoms. The largest absolute Gasteiger partial charge is 0.356 e. The van der Waals surface area contributed by atoms with Crippen LogP contribution in [0.1, 0.15) is 11.1 Å². The summed E-state index contributed by atoms with van der Waals surface area (Å²) >= 11 is 0. The summed E-state index contributed by atoms with van der Waals surface area (Å²) in [5.41, 5.74) is 1.26. The molecule has 0 saturated heterocycles. The van der Waals surface area contributed by atoms with Crippen LogP contribution >= 0.6 is 0 Å². The summed E-state index contributed by atoms with van der Waals surface area (Å²) in [7, 11) is 3.61. The fraction of sp³-hybridized carbons (Fsp3) is 0.278. The zero-order chi connectivity index (χ0) is 16.7. The van der Waals surface area contributed by atoms with Crippen molar-refractivity contribution >= 4 is 5.96 Å². The van der Waals surface area contributed by atoms with Crippen molar-refractivity contribution in [3.05, 3.63) is 71.3 Å². The van der Waals surface area contributed by atoms with Gasteiger partial charge >= 0.3 is 0 Å². The Morgan fingerprint density at radius 1 is 1.04 bits per heavy atom. The Morgan fingerprint density at radius 2 is 1.70 bits per heavy atom. The van der Waals surface area contributed by atoms with E-state index >= 15 is 0 Å². The second kappa shape index (κ2) is 8.27. The van der Waals surface area contributed by atoms with Crippen LogP contribution in [0, 0.1) is 11.6 Å². The lowest BCUT2D eigenvalue weighted by Gasteiger charge is -2.22. The van der Waals surface area contributed by atoms with Gasteiger partial charge < -0.3 is 10.2 Å². The summed E-state index contributed by atoms with van der Waals surface area (Å²) in [6.45, 7) is 1.11. The lowest BCUT2D eigenvalue weighted by atomic mass is 10.1. The molecule has 0 atom stereocenters. The average Bonchev–Trinajstić information content (AvgIpc) is 2.54. The van der Waals surface area contributed by atoms with Crippen LogP contribution in [0.2, 0.25) is 0 Å². The van der Waals surface area contributed by atoms with E-state index in [9.17, 15) is 8.78 Å². The van der Waals surface area contributed by atoms with Crippen molar-refractivity contribution in [1.82, 2.24) is 10.2 Å². The zero-order valence-electron chi connectivity index (χ0n) is 13.4. The Kier molecular flexibility index (Phi) is 6.09. The van der Waals surface area contributed by atoms with E-state index in [0.717, 1.165) is 5.56 Å². The van der Waals surface area contributed by atoms with Gasteiger partial charge in [0.25, 0.3) is 0 Å². The van der Waals surface area contributed by atoms with Gasteiger partial charge in [-0.2, -0.15) is 0 Å². The molecular formula is C18H21F2N3. The maximum Gasteiger partial charge on any atom is 0.193 e. The fourth-order valence-electron chi connectivity index (χ4n) is 2.39. The quantitative estimate of drug-likeness (QED) is 0.677. The van der Waals surface area contributed by atoms with Gasteiger partial charge in [0.1, 0.15) is 11.6 Å². The number of hydrogen-bond donors (Lipinski definition) is 1. The van der Waals surface area contributed by atoms with Crippen molar-refractivity contribution in [2.45, 2.75) is 13.0 Å². The van der Waals surface area contributed by atoms with Crippen LogP contribution in [-0.2, 0) is 13.0 Å². The minimum Gasteiger partial charge on any atom is -0.356 e. The third-order valence-electron chi connectivity index (χ3n) is 3.56. The molecule has 122 valence electrons. The van der Waals surface area contributed by atoms with Gasteiger partial charge in [-0.25, -0.2) is 8.78 Å². The summed E-state index contributed by atoms with van der Waals surface area (Å²) < 4.78 is 27.2. The molecule has 2 aromatic rings. The van der Waals surface area contributed by atoms with Gasteiger partial charge in [-0.3, -0.25) is 4.99 Å². The Morgan fingerprint density at radius 3 is 2.30 bits per heavy atom. The first kappa shape index (κ1) is 16.9. The molecule has 0 heterocycles. The predicted octanol–water partition coefficient (Wildman–Crippen LogP) is 3.21. The molecular weight excluding hydrogens is 296 g/mol. The van der Waals surface area contributed by atoms with Gasteiger partial charge in [0.05, 0.1) is 0 Å². The molecule has 0 spiro atoms. The first-order valence-electron chi connectivity index (χ1n) is 7.50. The highest BCUT2D eigenvalue weighted by atomic mass is 19.1. The molecule has 0 aromatic heterocycles. The number of halogens is 2. The molecule has 0 radical (unpaired) electrons. The Labute approximate surface area is 135 Å². The van der Waals surface area contributed by atoms with Crippen molar-refractivity contribution in [3.8, 4) is 0 Å². The number of hydrogen-bond acceptors (Lipinski definition) is 1. The van der Waals surface area contributed by atoms with E-state index in [1.807, 2.05) is 42.3 Å².